The van der Waals surface area contributed by atoms with E-state index >= 15 is 0 Å². The first kappa shape index (κ1) is 22.9. The Bertz CT molecular complexity index is 350. The van der Waals surface area contributed by atoms with E-state index in [0.29, 0.717) is 6.04 Å². The van der Waals surface area contributed by atoms with Crippen molar-refractivity contribution in [3.63, 3.8) is 0 Å². The Balaban J connectivity index is 0.00000242. The highest BCUT2D eigenvalue weighted by molar-refractivity contribution is 5.85. The third-order valence-corrected chi connectivity index (χ3v) is 4.54. The summed E-state index contributed by atoms with van der Waals surface area (Å²) in [5, 5.41) is 0. The topological polar surface area (TPSA) is 58.8 Å². The van der Waals surface area contributed by atoms with E-state index in [4.69, 9.17) is 10.5 Å². The van der Waals surface area contributed by atoms with Gasteiger partial charge in [0.2, 0.25) is 5.91 Å². The standard InChI is InChI=1S/C16H31N3O2.2ClH/c1-4-6-15(17)16(20)19-8-5-7-14(19)11-18-9-12(2)21-13(3)10-18;;/h12-15H,4-11,17H2,1-3H3;2*1H. The Morgan fingerprint density at radius 1 is 1.26 bits per heavy atom. The molecular weight excluding hydrogens is 337 g/mol. The van der Waals surface area contributed by atoms with Crippen LogP contribution in [0.3, 0.4) is 0 Å². The number of halogens is 2. The van der Waals surface area contributed by atoms with Crippen molar-refractivity contribution in [1.29, 1.82) is 0 Å². The molecule has 0 aromatic heterocycles. The third-order valence-electron chi connectivity index (χ3n) is 4.54. The molecule has 5 nitrogen and oxygen atoms in total. The summed E-state index contributed by atoms with van der Waals surface area (Å²) in [6.45, 7) is 10.1. The van der Waals surface area contributed by atoms with Gasteiger partial charge in [0, 0.05) is 32.2 Å². The lowest BCUT2D eigenvalue weighted by atomic mass is 10.1. The fourth-order valence-electron chi connectivity index (χ4n) is 3.69. The van der Waals surface area contributed by atoms with Crippen molar-refractivity contribution >= 4 is 30.7 Å². The van der Waals surface area contributed by atoms with Gasteiger partial charge >= 0.3 is 0 Å². The molecule has 0 saturated carbocycles. The maximum Gasteiger partial charge on any atom is 0.239 e. The summed E-state index contributed by atoms with van der Waals surface area (Å²) in [4.78, 5) is 17.0. The number of carbonyl (C=O) groups is 1. The van der Waals surface area contributed by atoms with Crippen molar-refractivity contribution in [3.8, 4) is 0 Å². The lowest BCUT2D eigenvalue weighted by Gasteiger charge is -2.38. The Morgan fingerprint density at radius 2 is 1.87 bits per heavy atom. The van der Waals surface area contributed by atoms with Crippen molar-refractivity contribution in [2.75, 3.05) is 26.2 Å². The summed E-state index contributed by atoms with van der Waals surface area (Å²) < 4.78 is 5.78. The molecule has 2 N–H and O–H groups in total. The first-order valence-corrected chi connectivity index (χ1v) is 8.45. The molecule has 2 saturated heterocycles. The maximum absolute atomic E-state index is 12.5. The minimum Gasteiger partial charge on any atom is -0.373 e. The van der Waals surface area contributed by atoms with Crippen LogP contribution < -0.4 is 5.73 Å². The molecule has 2 aliphatic heterocycles. The van der Waals surface area contributed by atoms with Gasteiger partial charge in [-0.3, -0.25) is 9.69 Å². The minimum absolute atomic E-state index is 0. The van der Waals surface area contributed by atoms with Crippen LogP contribution in [0, 0.1) is 0 Å². The molecule has 1 amide bonds. The fraction of sp³-hybridized carbons (Fsp3) is 0.938. The summed E-state index contributed by atoms with van der Waals surface area (Å²) in [5.41, 5.74) is 6.02. The van der Waals surface area contributed by atoms with Crippen LogP contribution in [-0.2, 0) is 9.53 Å². The van der Waals surface area contributed by atoms with Crippen LogP contribution in [0.15, 0.2) is 0 Å². The SMILES string of the molecule is CCCC(N)C(=O)N1CCCC1CN1CC(C)OC(C)C1.Cl.Cl. The highest BCUT2D eigenvalue weighted by atomic mass is 35.5. The second kappa shape index (κ2) is 10.7. The molecule has 7 heteroatoms. The van der Waals surface area contributed by atoms with Crippen molar-refractivity contribution in [3.05, 3.63) is 0 Å². The van der Waals surface area contributed by atoms with E-state index < -0.39 is 0 Å². The minimum atomic E-state index is -0.321. The van der Waals surface area contributed by atoms with Gasteiger partial charge in [0.05, 0.1) is 18.2 Å². The Hall–Kier alpha value is -0.0700. The number of carbonyl (C=O) groups excluding carboxylic acids is 1. The maximum atomic E-state index is 12.5. The van der Waals surface area contributed by atoms with Crippen LogP contribution in [0.4, 0.5) is 0 Å². The summed E-state index contributed by atoms with van der Waals surface area (Å²) in [5.74, 6) is 0.147. The summed E-state index contributed by atoms with van der Waals surface area (Å²) in [6.07, 6.45) is 4.51. The van der Waals surface area contributed by atoms with Crippen LogP contribution in [0.25, 0.3) is 0 Å². The number of morpholine rings is 1. The van der Waals surface area contributed by atoms with Crippen molar-refractivity contribution in [2.24, 2.45) is 5.73 Å². The van der Waals surface area contributed by atoms with E-state index in [1.165, 1.54) is 0 Å². The zero-order valence-electron chi connectivity index (χ0n) is 14.6. The largest absolute Gasteiger partial charge is 0.373 e. The zero-order chi connectivity index (χ0) is 15.4. The number of likely N-dealkylation sites (tertiary alicyclic amines) is 1. The third kappa shape index (κ3) is 6.39. The van der Waals surface area contributed by atoms with Gasteiger partial charge in [-0.2, -0.15) is 0 Å². The molecule has 0 bridgehead atoms. The normalized spacial score (nSPS) is 29.6. The van der Waals surface area contributed by atoms with Crippen LogP contribution in [-0.4, -0.2) is 66.2 Å². The predicted octanol–water partition coefficient (Wildman–Crippen LogP) is 2.06. The number of amides is 1. The first-order valence-electron chi connectivity index (χ1n) is 8.45. The van der Waals surface area contributed by atoms with E-state index in [2.05, 4.69) is 25.7 Å². The summed E-state index contributed by atoms with van der Waals surface area (Å²) in [6, 6.07) is 0.0102. The van der Waals surface area contributed by atoms with Crippen molar-refractivity contribution in [1.82, 2.24) is 9.80 Å². The van der Waals surface area contributed by atoms with Gasteiger partial charge in [0.1, 0.15) is 0 Å². The zero-order valence-corrected chi connectivity index (χ0v) is 16.2. The molecule has 4 atom stereocenters. The predicted molar refractivity (Wildman–Crippen MR) is 98.6 cm³/mol. The molecule has 0 aromatic rings. The number of nitrogens with zero attached hydrogens (tertiary/aromatic N) is 2. The quantitative estimate of drug-likeness (QED) is 0.805. The van der Waals surface area contributed by atoms with Crippen LogP contribution in [0.5, 0.6) is 0 Å². The fourth-order valence-corrected chi connectivity index (χ4v) is 3.69. The van der Waals surface area contributed by atoms with E-state index in [-0.39, 0.29) is 49.0 Å². The van der Waals surface area contributed by atoms with E-state index in [1.807, 2.05) is 4.90 Å². The molecule has 0 aromatic carbocycles. The van der Waals surface area contributed by atoms with Gasteiger partial charge in [-0.25, -0.2) is 0 Å². The summed E-state index contributed by atoms with van der Waals surface area (Å²) >= 11 is 0. The second-order valence-electron chi connectivity index (χ2n) is 6.70. The van der Waals surface area contributed by atoms with E-state index in [0.717, 1.165) is 51.9 Å². The molecule has 23 heavy (non-hydrogen) atoms. The van der Waals surface area contributed by atoms with Crippen LogP contribution in [0.2, 0.25) is 0 Å². The molecule has 138 valence electrons. The molecule has 2 heterocycles. The highest BCUT2D eigenvalue weighted by Gasteiger charge is 2.34. The Kier molecular flexibility index (Phi) is 10.7. The summed E-state index contributed by atoms with van der Waals surface area (Å²) in [7, 11) is 0. The van der Waals surface area contributed by atoms with Crippen LogP contribution in [0.1, 0.15) is 46.5 Å². The van der Waals surface area contributed by atoms with Crippen molar-refractivity contribution < 1.29 is 9.53 Å². The average molecular weight is 370 g/mol. The molecular formula is C16H33Cl2N3O2. The number of nitrogens with two attached hydrogens (primary N) is 1. The number of ether oxygens (including phenoxy) is 1. The highest BCUT2D eigenvalue weighted by Crippen LogP contribution is 2.21. The molecule has 2 aliphatic rings. The molecule has 2 fully saturated rings. The van der Waals surface area contributed by atoms with Gasteiger partial charge < -0.3 is 15.4 Å². The Morgan fingerprint density at radius 3 is 2.43 bits per heavy atom. The van der Waals surface area contributed by atoms with Gasteiger partial charge in [0.15, 0.2) is 0 Å². The number of rotatable bonds is 5. The van der Waals surface area contributed by atoms with Crippen molar-refractivity contribution in [2.45, 2.75) is 70.7 Å². The van der Waals surface area contributed by atoms with Gasteiger partial charge in [-0.15, -0.1) is 24.8 Å². The lowest BCUT2D eigenvalue weighted by molar-refractivity contribution is -0.134. The molecule has 0 spiro atoms. The Labute approximate surface area is 153 Å². The second-order valence-corrected chi connectivity index (χ2v) is 6.70. The van der Waals surface area contributed by atoms with Crippen LogP contribution >= 0.6 is 24.8 Å². The van der Waals surface area contributed by atoms with Gasteiger partial charge in [-0.1, -0.05) is 13.3 Å². The smallest absolute Gasteiger partial charge is 0.239 e. The number of hydrogen-bond acceptors (Lipinski definition) is 4. The molecule has 2 rings (SSSR count). The van der Waals surface area contributed by atoms with E-state index in [9.17, 15) is 4.79 Å². The monoisotopic (exact) mass is 369 g/mol. The molecule has 4 unspecified atom stereocenters. The lowest BCUT2D eigenvalue weighted by Crippen LogP contribution is -2.53. The average Bonchev–Trinajstić information content (AvgIpc) is 2.85. The van der Waals surface area contributed by atoms with Gasteiger partial charge in [-0.05, 0) is 33.1 Å². The van der Waals surface area contributed by atoms with E-state index in [1.54, 1.807) is 0 Å². The molecule has 0 aliphatic carbocycles. The van der Waals surface area contributed by atoms with Gasteiger partial charge in [0.25, 0.3) is 0 Å². The molecule has 0 radical (unpaired) electrons. The first-order chi connectivity index (χ1) is 10.0. The number of hydrogen-bond donors (Lipinski definition) is 1.